The largest absolute Gasteiger partial charge is 0.271 e. The fraction of sp³-hybridized carbons (Fsp3) is 0.167. The molecule has 0 fully saturated rings. The number of rotatable bonds is 4. The SMILES string of the molecule is NNC(Cc1ccsc1)c1cccc(Cl)c1. The summed E-state index contributed by atoms with van der Waals surface area (Å²) in [6, 6.07) is 9.99. The van der Waals surface area contributed by atoms with Crippen LogP contribution in [0.3, 0.4) is 0 Å². The second kappa shape index (κ2) is 5.46. The Morgan fingerprint density at radius 1 is 1.38 bits per heavy atom. The highest BCUT2D eigenvalue weighted by atomic mass is 35.5. The van der Waals surface area contributed by atoms with Crippen molar-refractivity contribution in [3.8, 4) is 0 Å². The maximum absolute atomic E-state index is 5.96. The summed E-state index contributed by atoms with van der Waals surface area (Å²) in [5, 5.41) is 4.94. The van der Waals surface area contributed by atoms with Crippen LogP contribution in [0.4, 0.5) is 0 Å². The molecule has 1 heterocycles. The van der Waals surface area contributed by atoms with E-state index in [4.69, 9.17) is 17.4 Å². The van der Waals surface area contributed by atoms with Gasteiger partial charge in [0.2, 0.25) is 0 Å². The average Bonchev–Trinajstić information content (AvgIpc) is 2.78. The van der Waals surface area contributed by atoms with Crippen LogP contribution in [-0.2, 0) is 6.42 Å². The molecule has 0 bridgehead atoms. The third-order valence-corrected chi connectivity index (χ3v) is 3.44. The van der Waals surface area contributed by atoms with Gasteiger partial charge in [-0.2, -0.15) is 11.3 Å². The minimum atomic E-state index is 0.105. The van der Waals surface area contributed by atoms with Crippen LogP contribution in [0.5, 0.6) is 0 Å². The summed E-state index contributed by atoms with van der Waals surface area (Å²) in [6.07, 6.45) is 0.875. The topological polar surface area (TPSA) is 38.0 Å². The van der Waals surface area contributed by atoms with Gasteiger partial charge in [0.05, 0.1) is 6.04 Å². The van der Waals surface area contributed by atoms with Crippen LogP contribution in [0.1, 0.15) is 17.2 Å². The molecule has 0 amide bonds. The highest BCUT2D eigenvalue weighted by Crippen LogP contribution is 2.21. The number of hydrogen-bond acceptors (Lipinski definition) is 3. The Balaban J connectivity index is 2.16. The van der Waals surface area contributed by atoms with Crippen LogP contribution >= 0.6 is 22.9 Å². The smallest absolute Gasteiger partial charge is 0.0501 e. The standard InChI is InChI=1S/C12H13ClN2S/c13-11-3-1-2-10(7-11)12(15-14)6-9-4-5-16-8-9/h1-5,7-8,12,15H,6,14H2. The first kappa shape index (κ1) is 11.6. The second-order valence-electron chi connectivity index (χ2n) is 3.61. The van der Waals surface area contributed by atoms with Gasteiger partial charge in [-0.05, 0) is 46.5 Å². The molecule has 0 spiro atoms. The second-order valence-corrected chi connectivity index (χ2v) is 4.83. The molecule has 1 unspecified atom stereocenters. The van der Waals surface area contributed by atoms with Gasteiger partial charge in [-0.25, -0.2) is 0 Å². The summed E-state index contributed by atoms with van der Waals surface area (Å²) in [5.74, 6) is 5.58. The Kier molecular flexibility index (Phi) is 3.96. The Labute approximate surface area is 104 Å². The normalized spacial score (nSPS) is 12.6. The monoisotopic (exact) mass is 252 g/mol. The van der Waals surface area contributed by atoms with Gasteiger partial charge in [0.25, 0.3) is 0 Å². The lowest BCUT2D eigenvalue weighted by molar-refractivity contribution is 0.552. The van der Waals surface area contributed by atoms with Crippen LogP contribution in [0, 0.1) is 0 Å². The molecular weight excluding hydrogens is 240 g/mol. The van der Waals surface area contributed by atoms with E-state index in [1.54, 1.807) is 11.3 Å². The Morgan fingerprint density at radius 2 is 2.25 bits per heavy atom. The lowest BCUT2D eigenvalue weighted by Gasteiger charge is -2.15. The zero-order valence-corrected chi connectivity index (χ0v) is 10.3. The maximum atomic E-state index is 5.96. The molecule has 16 heavy (non-hydrogen) atoms. The lowest BCUT2D eigenvalue weighted by Crippen LogP contribution is -2.29. The first-order valence-electron chi connectivity index (χ1n) is 5.02. The lowest BCUT2D eigenvalue weighted by atomic mass is 10.0. The number of hydrazine groups is 1. The van der Waals surface area contributed by atoms with Crippen LogP contribution in [0.15, 0.2) is 41.1 Å². The quantitative estimate of drug-likeness (QED) is 0.648. The number of nitrogens with two attached hydrogens (primary N) is 1. The number of thiophene rings is 1. The highest BCUT2D eigenvalue weighted by molar-refractivity contribution is 7.07. The molecule has 1 aromatic heterocycles. The maximum Gasteiger partial charge on any atom is 0.0501 e. The number of benzene rings is 1. The van der Waals surface area contributed by atoms with Crippen molar-refractivity contribution in [3.05, 3.63) is 57.2 Å². The molecular formula is C12H13ClN2S. The summed E-state index contributed by atoms with van der Waals surface area (Å²) in [6.45, 7) is 0. The summed E-state index contributed by atoms with van der Waals surface area (Å²) < 4.78 is 0. The van der Waals surface area contributed by atoms with Crippen molar-refractivity contribution in [1.82, 2.24) is 5.43 Å². The molecule has 2 nitrogen and oxygen atoms in total. The van der Waals surface area contributed by atoms with E-state index in [-0.39, 0.29) is 6.04 Å². The van der Waals surface area contributed by atoms with E-state index in [1.807, 2.05) is 24.3 Å². The van der Waals surface area contributed by atoms with Gasteiger partial charge in [-0.1, -0.05) is 23.7 Å². The molecule has 1 atom stereocenters. The molecule has 0 aliphatic heterocycles. The molecule has 0 saturated carbocycles. The Bertz CT molecular complexity index is 442. The zero-order chi connectivity index (χ0) is 11.4. The van der Waals surface area contributed by atoms with E-state index in [1.165, 1.54) is 5.56 Å². The van der Waals surface area contributed by atoms with Crippen LogP contribution in [0.2, 0.25) is 5.02 Å². The van der Waals surface area contributed by atoms with E-state index < -0.39 is 0 Å². The first-order chi connectivity index (χ1) is 7.79. The van der Waals surface area contributed by atoms with E-state index in [9.17, 15) is 0 Å². The highest BCUT2D eigenvalue weighted by Gasteiger charge is 2.10. The Morgan fingerprint density at radius 3 is 2.88 bits per heavy atom. The number of halogens is 1. The van der Waals surface area contributed by atoms with Crippen molar-refractivity contribution in [2.45, 2.75) is 12.5 Å². The summed E-state index contributed by atoms with van der Waals surface area (Å²) in [5.41, 5.74) is 5.23. The van der Waals surface area contributed by atoms with Crippen molar-refractivity contribution < 1.29 is 0 Å². The predicted molar refractivity (Wildman–Crippen MR) is 69.5 cm³/mol. The van der Waals surface area contributed by atoms with Crippen LogP contribution in [0.25, 0.3) is 0 Å². The van der Waals surface area contributed by atoms with Crippen molar-refractivity contribution in [3.63, 3.8) is 0 Å². The molecule has 0 saturated heterocycles. The molecule has 0 radical (unpaired) electrons. The average molecular weight is 253 g/mol. The molecule has 2 rings (SSSR count). The molecule has 0 aliphatic rings. The third kappa shape index (κ3) is 2.83. The third-order valence-electron chi connectivity index (χ3n) is 2.47. The van der Waals surface area contributed by atoms with E-state index in [0.717, 1.165) is 17.0 Å². The predicted octanol–water partition coefficient (Wildman–Crippen LogP) is 3.15. The van der Waals surface area contributed by atoms with Gasteiger partial charge in [-0.15, -0.1) is 0 Å². The number of hydrogen-bond donors (Lipinski definition) is 2. The van der Waals surface area contributed by atoms with Crippen molar-refractivity contribution in [2.24, 2.45) is 5.84 Å². The number of nitrogens with one attached hydrogen (secondary N) is 1. The fourth-order valence-electron chi connectivity index (χ4n) is 1.64. The molecule has 2 aromatic rings. The van der Waals surface area contributed by atoms with E-state index >= 15 is 0 Å². The van der Waals surface area contributed by atoms with Crippen LogP contribution in [-0.4, -0.2) is 0 Å². The summed E-state index contributed by atoms with van der Waals surface area (Å²) in [4.78, 5) is 0. The van der Waals surface area contributed by atoms with Gasteiger partial charge < -0.3 is 0 Å². The first-order valence-corrected chi connectivity index (χ1v) is 6.34. The van der Waals surface area contributed by atoms with Crippen molar-refractivity contribution in [1.29, 1.82) is 0 Å². The van der Waals surface area contributed by atoms with Crippen LogP contribution < -0.4 is 11.3 Å². The summed E-state index contributed by atoms with van der Waals surface area (Å²) in [7, 11) is 0. The minimum absolute atomic E-state index is 0.105. The Hall–Kier alpha value is -0.870. The minimum Gasteiger partial charge on any atom is -0.271 e. The molecule has 3 N–H and O–H groups in total. The fourth-order valence-corrected chi connectivity index (χ4v) is 2.52. The molecule has 1 aromatic carbocycles. The van der Waals surface area contributed by atoms with Crippen molar-refractivity contribution in [2.75, 3.05) is 0 Å². The van der Waals surface area contributed by atoms with Gasteiger partial charge in [0, 0.05) is 5.02 Å². The van der Waals surface area contributed by atoms with E-state index in [0.29, 0.717) is 0 Å². The van der Waals surface area contributed by atoms with E-state index in [2.05, 4.69) is 22.3 Å². The van der Waals surface area contributed by atoms with Gasteiger partial charge in [0.15, 0.2) is 0 Å². The zero-order valence-electron chi connectivity index (χ0n) is 8.69. The van der Waals surface area contributed by atoms with Crippen molar-refractivity contribution >= 4 is 22.9 Å². The van der Waals surface area contributed by atoms with Gasteiger partial charge in [0.1, 0.15) is 0 Å². The molecule has 0 aliphatic carbocycles. The molecule has 84 valence electrons. The van der Waals surface area contributed by atoms with Gasteiger partial charge in [-0.3, -0.25) is 11.3 Å². The summed E-state index contributed by atoms with van der Waals surface area (Å²) >= 11 is 7.66. The van der Waals surface area contributed by atoms with Gasteiger partial charge >= 0.3 is 0 Å². The molecule has 4 heteroatoms.